The van der Waals surface area contributed by atoms with E-state index in [4.69, 9.17) is 4.74 Å². The van der Waals surface area contributed by atoms with Crippen LogP contribution in [0.25, 0.3) is 20.7 Å². The molecule has 140 valence electrons. The van der Waals surface area contributed by atoms with Gasteiger partial charge in [-0.05, 0) is 31.4 Å². The molecule has 1 N–H and O–H groups in total. The second kappa shape index (κ2) is 8.37. The van der Waals surface area contributed by atoms with Gasteiger partial charge in [0, 0.05) is 23.4 Å². The van der Waals surface area contributed by atoms with Gasteiger partial charge in [-0.25, -0.2) is 9.97 Å². The first-order valence-electron chi connectivity index (χ1n) is 9.04. The van der Waals surface area contributed by atoms with Crippen molar-refractivity contribution >= 4 is 39.2 Å². The number of carbonyl (C=O) groups is 1. The van der Waals surface area contributed by atoms with Gasteiger partial charge in [-0.2, -0.15) is 0 Å². The molecular weight excluding hydrogens is 378 g/mol. The second-order valence-electron chi connectivity index (χ2n) is 6.50. The smallest absolute Gasteiger partial charge is 0.230 e. The average molecular weight is 400 g/mol. The van der Waals surface area contributed by atoms with Crippen LogP contribution in [0, 0.1) is 6.92 Å². The van der Waals surface area contributed by atoms with Gasteiger partial charge in [-0.1, -0.05) is 42.1 Å². The van der Waals surface area contributed by atoms with Gasteiger partial charge in [0.15, 0.2) is 0 Å². The highest BCUT2D eigenvalue weighted by Crippen LogP contribution is 2.36. The summed E-state index contributed by atoms with van der Waals surface area (Å²) >= 11 is 3.12. The molecule has 0 bridgehead atoms. The Morgan fingerprint density at radius 3 is 2.96 bits per heavy atom. The van der Waals surface area contributed by atoms with Gasteiger partial charge in [0.25, 0.3) is 0 Å². The van der Waals surface area contributed by atoms with E-state index in [0.717, 1.165) is 45.4 Å². The van der Waals surface area contributed by atoms with Crippen LogP contribution < -0.4 is 5.32 Å². The Morgan fingerprint density at radius 1 is 1.33 bits per heavy atom. The number of thioether (sulfide) groups is 1. The summed E-state index contributed by atoms with van der Waals surface area (Å²) in [5.74, 6) is 1.08. The number of nitrogens with zero attached hydrogens (tertiary/aromatic N) is 2. The molecule has 1 aliphatic heterocycles. The number of hydrogen-bond acceptors (Lipinski definition) is 6. The van der Waals surface area contributed by atoms with Crippen LogP contribution >= 0.6 is 23.1 Å². The molecule has 1 aliphatic rings. The lowest BCUT2D eigenvalue weighted by Crippen LogP contribution is -2.32. The Kier molecular flexibility index (Phi) is 5.71. The molecule has 5 nitrogen and oxygen atoms in total. The van der Waals surface area contributed by atoms with Crippen molar-refractivity contribution < 1.29 is 9.53 Å². The van der Waals surface area contributed by atoms with Crippen LogP contribution in [0.1, 0.15) is 18.7 Å². The standard InChI is InChI=1S/C20H21N3O2S2/c1-13-22-19(26-12-18(24)21-11-15-8-5-9-25-15)16-10-17(27-20(16)23-13)14-6-3-2-4-7-14/h2-4,6-7,10,15H,5,8-9,11-12H2,1H3,(H,21,24)/t15-/m0/s1. The first kappa shape index (κ1) is 18.4. The van der Waals surface area contributed by atoms with E-state index in [9.17, 15) is 4.79 Å². The van der Waals surface area contributed by atoms with Crippen molar-refractivity contribution in [2.45, 2.75) is 30.9 Å². The fraction of sp³-hybridized carbons (Fsp3) is 0.350. The monoisotopic (exact) mass is 399 g/mol. The summed E-state index contributed by atoms with van der Waals surface area (Å²) in [7, 11) is 0. The second-order valence-corrected chi connectivity index (χ2v) is 8.49. The molecule has 0 radical (unpaired) electrons. The van der Waals surface area contributed by atoms with E-state index in [1.807, 2.05) is 25.1 Å². The summed E-state index contributed by atoms with van der Waals surface area (Å²) in [4.78, 5) is 23.5. The summed E-state index contributed by atoms with van der Waals surface area (Å²) in [5, 5.41) is 4.84. The summed E-state index contributed by atoms with van der Waals surface area (Å²) in [6.45, 7) is 3.28. The zero-order valence-electron chi connectivity index (χ0n) is 15.1. The van der Waals surface area contributed by atoms with Gasteiger partial charge >= 0.3 is 0 Å². The van der Waals surface area contributed by atoms with Gasteiger partial charge in [0.05, 0.1) is 11.9 Å². The minimum absolute atomic E-state index is 0.0124. The van der Waals surface area contributed by atoms with E-state index in [-0.39, 0.29) is 12.0 Å². The largest absolute Gasteiger partial charge is 0.376 e. The zero-order valence-corrected chi connectivity index (χ0v) is 16.7. The summed E-state index contributed by atoms with van der Waals surface area (Å²) in [5.41, 5.74) is 1.17. The van der Waals surface area contributed by atoms with Crippen LogP contribution in [0.5, 0.6) is 0 Å². The quantitative estimate of drug-likeness (QED) is 0.500. The van der Waals surface area contributed by atoms with E-state index in [2.05, 4.69) is 33.5 Å². The van der Waals surface area contributed by atoms with Crippen LogP contribution in [0.2, 0.25) is 0 Å². The number of benzene rings is 1. The average Bonchev–Trinajstić information content (AvgIpc) is 3.34. The third-order valence-corrected chi connectivity index (χ3v) is 6.49. The van der Waals surface area contributed by atoms with Crippen molar-refractivity contribution in [2.24, 2.45) is 0 Å². The molecule has 2 aromatic heterocycles. The lowest BCUT2D eigenvalue weighted by atomic mass is 10.2. The number of aryl methyl sites for hydroxylation is 1. The van der Waals surface area contributed by atoms with E-state index in [0.29, 0.717) is 12.3 Å². The first-order valence-corrected chi connectivity index (χ1v) is 10.8. The van der Waals surface area contributed by atoms with Crippen LogP contribution in [0.15, 0.2) is 41.4 Å². The first-order chi connectivity index (χ1) is 13.2. The molecule has 1 amide bonds. The maximum Gasteiger partial charge on any atom is 0.230 e. The number of nitrogens with one attached hydrogen (secondary N) is 1. The number of thiophene rings is 1. The minimum atomic E-state index is 0.0124. The predicted molar refractivity (Wildman–Crippen MR) is 110 cm³/mol. The van der Waals surface area contributed by atoms with E-state index in [1.165, 1.54) is 17.3 Å². The molecule has 0 saturated carbocycles. The van der Waals surface area contributed by atoms with Gasteiger partial charge in [0.1, 0.15) is 15.7 Å². The molecule has 0 spiro atoms. The van der Waals surface area contributed by atoms with Crippen LogP contribution in [-0.2, 0) is 9.53 Å². The molecule has 27 heavy (non-hydrogen) atoms. The lowest BCUT2D eigenvalue weighted by molar-refractivity contribution is -0.119. The number of aromatic nitrogens is 2. The molecule has 1 aromatic carbocycles. The van der Waals surface area contributed by atoms with Gasteiger partial charge < -0.3 is 10.1 Å². The Hall–Kier alpha value is -1.96. The summed E-state index contributed by atoms with van der Waals surface area (Å²) in [6.07, 6.45) is 2.27. The normalized spacial score (nSPS) is 16.7. The van der Waals surface area contributed by atoms with Gasteiger partial charge in [0.2, 0.25) is 5.91 Å². The molecule has 1 saturated heterocycles. The minimum Gasteiger partial charge on any atom is -0.376 e. The number of rotatable bonds is 6. The third-order valence-electron chi connectivity index (χ3n) is 4.42. The Bertz CT molecular complexity index is 937. The van der Waals surface area contributed by atoms with Crippen molar-refractivity contribution in [2.75, 3.05) is 18.9 Å². The van der Waals surface area contributed by atoms with Crippen LogP contribution in [0.3, 0.4) is 0 Å². The van der Waals surface area contributed by atoms with Crippen molar-refractivity contribution in [3.63, 3.8) is 0 Å². The Labute approximate surface area is 166 Å². The topological polar surface area (TPSA) is 64.1 Å². The number of fused-ring (bicyclic) bond motifs is 1. The van der Waals surface area contributed by atoms with E-state index >= 15 is 0 Å². The fourth-order valence-electron chi connectivity index (χ4n) is 3.07. The molecule has 0 aliphatic carbocycles. The molecule has 3 aromatic rings. The van der Waals surface area contributed by atoms with Crippen molar-refractivity contribution in [3.05, 3.63) is 42.2 Å². The molecular formula is C20H21N3O2S2. The maximum atomic E-state index is 12.2. The van der Waals surface area contributed by atoms with E-state index in [1.54, 1.807) is 11.3 Å². The van der Waals surface area contributed by atoms with Gasteiger partial charge in [-0.15, -0.1) is 11.3 Å². The Balaban J connectivity index is 1.47. The van der Waals surface area contributed by atoms with Crippen LogP contribution in [-0.4, -0.2) is 40.9 Å². The number of amides is 1. The van der Waals surface area contributed by atoms with E-state index < -0.39 is 0 Å². The lowest BCUT2D eigenvalue weighted by Gasteiger charge is -2.10. The maximum absolute atomic E-state index is 12.2. The van der Waals surface area contributed by atoms with Crippen molar-refractivity contribution in [3.8, 4) is 10.4 Å². The Morgan fingerprint density at radius 2 is 2.19 bits per heavy atom. The molecule has 1 fully saturated rings. The number of carbonyl (C=O) groups excluding carboxylic acids is 1. The molecule has 3 heterocycles. The van der Waals surface area contributed by atoms with Crippen molar-refractivity contribution in [1.82, 2.24) is 15.3 Å². The molecule has 7 heteroatoms. The van der Waals surface area contributed by atoms with Gasteiger partial charge in [-0.3, -0.25) is 4.79 Å². The summed E-state index contributed by atoms with van der Waals surface area (Å²) in [6, 6.07) is 12.4. The van der Waals surface area contributed by atoms with Crippen LogP contribution in [0.4, 0.5) is 0 Å². The highest BCUT2D eigenvalue weighted by Gasteiger charge is 2.17. The molecule has 1 atom stereocenters. The SMILES string of the molecule is Cc1nc(SCC(=O)NC[C@@H]2CCCO2)c2cc(-c3ccccc3)sc2n1. The predicted octanol–water partition coefficient (Wildman–Crippen LogP) is 4.05. The molecule has 4 rings (SSSR count). The highest BCUT2D eigenvalue weighted by molar-refractivity contribution is 8.00. The number of ether oxygens (including phenoxy) is 1. The zero-order chi connectivity index (χ0) is 18.6. The molecule has 0 unspecified atom stereocenters. The number of hydrogen-bond donors (Lipinski definition) is 1. The van der Waals surface area contributed by atoms with Crippen molar-refractivity contribution in [1.29, 1.82) is 0 Å². The highest BCUT2D eigenvalue weighted by atomic mass is 32.2. The third kappa shape index (κ3) is 4.48. The summed E-state index contributed by atoms with van der Waals surface area (Å²) < 4.78 is 5.54. The fourth-order valence-corrected chi connectivity index (χ4v) is 5.09.